The Hall–Kier alpha value is -3.51. The first-order chi connectivity index (χ1) is 40.6. The second kappa shape index (κ2) is 47.6. The SMILES string of the molecule is CCCCCCCCC(=O)OC1=C=C=C(CC(=O)OCCC2CCN(CCSSCCN3CCC(CCOC(=O)CC4=CC=C(OC(=O)CCCCCCCC(=O)OC(CCCCCCCC)CCCCCCCC)CC4)CC3)CC2)C=C1. The number of piperidine rings is 2. The van der Waals surface area contributed by atoms with Gasteiger partial charge in [-0.15, -0.1) is 0 Å². The Kier molecular flexibility index (Phi) is 41.3. The van der Waals surface area contributed by atoms with E-state index in [0.29, 0.717) is 74.2 Å². The Morgan fingerprint density at radius 1 is 0.506 bits per heavy atom. The second-order valence-corrected chi connectivity index (χ2v) is 26.7. The molecular formula is C69H112N2O10S2. The van der Waals surface area contributed by atoms with Crippen molar-refractivity contribution in [2.45, 2.75) is 271 Å². The van der Waals surface area contributed by atoms with Crippen LogP contribution in [0.5, 0.6) is 0 Å². The molecule has 12 nitrogen and oxygen atoms in total. The van der Waals surface area contributed by atoms with E-state index in [1.165, 1.54) is 83.5 Å². The Labute approximate surface area is 511 Å². The van der Waals surface area contributed by atoms with E-state index >= 15 is 0 Å². The summed E-state index contributed by atoms with van der Waals surface area (Å²) in [6.45, 7) is 14.2. The standard InChI is InChI=1S/C69H112N2O10S2/c1-4-7-10-13-17-22-27-62(28-23-18-14-11-8-5-2)79-65(72)29-25-20-16-21-26-31-67(74)81-64-38-34-61(35-39-64)57-69(76)78-53-45-59-42-48-71(49-43-59)51-55-83-82-54-50-70-46-40-58(41-47-70)44-52-77-68(75)56-60-32-36-63(37-33-60)80-66(73)30-24-19-15-12-9-6-3/h32,34,36,38,58-59,62H,4-31,35,39-57H2,1-3H3. The predicted molar refractivity (Wildman–Crippen MR) is 341 cm³/mol. The van der Waals surface area contributed by atoms with E-state index in [0.717, 1.165) is 172 Å². The van der Waals surface area contributed by atoms with Crippen molar-refractivity contribution in [1.29, 1.82) is 0 Å². The fourth-order valence-electron chi connectivity index (χ4n) is 11.3. The van der Waals surface area contributed by atoms with Crippen molar-refractivity contribution in [3.05, 3.63) is 58.4 Å². The van der Waals surface area contributed by atoms with E-state index in [2.05, 4.69) is 42.0 Å². The lowest BCUT2D eigenvalue weighted by molar-refractivity contribution is -0.150. The number of likely N-dealkylation sites (tertiary alicyclic amines) is 2. The summed E-state index contributed by atoms with van der Waals surface area (Å²) in [7, 11) is 3.96. The van der Waals surface area contributed by atoms with Gasteiger partial charge in [-0.3, -0.25) is 24.0 Å². The highest BCUT2D eigenvalue weighted by Crippen LogP contribution is 2.28. The summed E-state index contributed by atoms with van der Waals surface area (Å²) in [5.41, 5.74) is 7.50. The Morgan fingerprint density at radius 2 is 0.964 bits per heavy atom. The van der Waals surface area contributed by atoms with Crippen LogP contribution in [0.1, 0.15) is 265 Å². The Balaban J connectivity index is 0.921. The van der Waals surface area contributed by atoms with Crippen molar-refractivity contribution >= 4 is 51.4 Å². The lowest BCUT2D eigenvalue weighted by Gasteiger charge is -2.32. The molecule has 83 heavy (non-hydrogen) atoms. The van der Waals surface area contributed by atoms with Crippen LogP contribution >= 0.6 is 21.6 Å². The summed E-state index contributed by atoms with van der Waals surface area (Å²) in [6, 6.07) is 0. The molecule has 0 unspecified atom stereocenters. The molecule has 0 spiro atoms. The van der Waals surface area contributed by atoms with Gasteiger partial charge in [0.2, 0.25) is 0 Å². The normalized spacial score (nSPS) is 16.1. The molecule has 2 saturated heterocycles. The summed E-state index contributed by atoms with van der Waals surface area (Å²) in [5, 5.41) is 0. The topological polar surface area (TPSA) is 138 Å². The summed E-state index contributed by atoms with van der Waals surface area (Å²) in [6.07, 6.45) is 44.8. The first-order valence-electron chi connectivity index (χ1n) is 33.5. The Bertz CT molecular complexity index is 2010. The third-order valence-corrected chi connectivity index (χ3v) is 19.1. The monoisotopic (exact) mass is 1190 g/mol. The van der Waals surface area contributed by atoms with Crippen molar-refractivity contribution in [2.24, 2.45) is 11.8 Å². The highest BCUT2D eigenvalue weighted by atomic mass is 33.1. The minimum absolute atomic E-state index is 0.0462. The van der Waals surface area contributed by atoms with Gasteiger partial charge in [0.25, 0.3) is 0 Å². The largest absolute Gasteiger partial charge is 0.465 e. The minimum atomic E-state index is -0.265. The molecule has 0 aromatic rings. The lowest BCUT2D eigenvalue weighted by Crippen LogP contribution is -2.36. The molecule has 0 radical (unpaired) electrons. The third kappa shape index (κ3) is 36.9. The van der Waals surface area contributed by atoms with E-state index in [1.807, 2.05) is 33.7 Å². The number of unbranched alkanes of at least 4 members (excludes halogenated alkanes) is 19. The fourth-order valence-corrected chi connectivity index (χ4v) is 13.4. The van der Waals surface area contributed by atoms with Gasteiger partial charge >= 0.3 is 29.8 Å². The molecule has 2 aliphatic carbocycles. The van der Waals surface area contributed by atoms with Crippen LogP contribution in [0, 0.1) is 11.8 Å². The third-order valence-electron chi connectivity index (χ3n) is 16.8. The zero-order valence-corrected chi connectivity index (χ0v) is 53.9. The molecule has 0 aromatic heterocycles. The van der Waals surface area contributed by atoms with Gasteiger partial charge in [0.15, 0.2) is 5.76 Å². The molecule has 4 aliphatic rings. The number of hydrogen-bond donors (Lipinski definition) is 0. The summed E-state index contributed by atoms with van der Waals surface area (Å²) >= 11 is 0. The Morgan fingerprint density at radius 3 is 1.43 bits per heavy atom. The van der Waals surface area contributed by atoms with Gasteiger partial charge in [-0.1, -0.05) is 175 Å². The van der Waals surface area contributed by atoms with Crippen molar-refractivity contribution in [1.82, 2.24) is 9.80 Å². The van der Waals surface area contributed by atoms with Gasteiger partial charge in [0, 0.05) is 55.9 Å². The molecule has 0 N–H and O–H groups in total. The number of rotatable bonds is 49. The molecule has 0 bridgehead atoms. The highest BCUT2D eigenvalue weighted by Gasteiger charge is 2.23. The zero-order chi connectivity index (χ0) is 59.2. The maximum absolute atomic E-state index is 12.8. The van der Waals surface area contributed by atoms with Crippen LogP contribution < -0.4 is 0 Å². The quantitative estimate of drug-likeness (QED) is 0.0188. The summed E-state index contributed by atoms with van der Waals surface area (Å²) in [4.78, 5) is 67.9. The van der Waals surface area contributed by atoms with Gasteiger partial charge in [0.1, 0.15) is 11.9 Å². The van der Waals surface area contributed by atoms with E-state index in [9.17, 15) is 24.0 Å². The van der Waals surface area contributed by atoms with Crippen LogP contribution in [0.2, 0.25) is 0 Å². The number of nitrogens with zero attached hydrogens (tertiary/aromatic N) is 2. The first-order valence-corrected chi connectivity index (χ1v) is 36.0. The van der Waals surface area contributed by atoms with Gasteiger partial charge in [-0.25, -0.2) is 0 Å². The second-order valence-electron chi connectivity index (χ2n) is 24.0. The van der Waals surface area contributed by atoms with E-state index in [4.69, 9.17) is 23.7 Å². The molecule has 0 saturated carbocycles. The molecule has 0 aromatic carbocycles. The van der Waals surface area contributed by atoms with Crippen LogP contribution in [0.15, 0.2) is 58.4 Å². The van der Waals surface area contributed by atoms with Gasteiger partial charge in [0.05, 0.1) is 26.1 Å². The number of allylic oxidation sites excluding steroid dienone is 5. The average molecular weight is 1190 g/mol. The van der Waals surface area contributed by atoms with Gasteiger partial charge in [-0.05, 0) is 152 Å². The average Bonchev–Trinajstić information content (AvgIpc) is 3.51. The number of hydrogen-bond acceptors (Lipinski definition) is 14. The van der Waals surface area contributed by atoms with Crippen LogP contribution in [-0.4, -0.2) is 110 Å². The maximum atomic E-state index is 12.8. The van der Waals surface area contributed by atoms with Crippen LogP contribution in [0.25, 0.3) is 0 Å². The molecule has 4 rings (SSSR count). The van der Waals surface area contributed by atoms with E-state index in [-0.39, 0.29) is 48.8 Å². The molecular weight excluding hydrogens is 1080 g/mol. The number of esters is 5. The summed E-state index contributed by atoms with van der Waals surface area (Å²) in [5.74, 6) is 3.48. The van der Waals surface area contributed by atoms with E-state index < -0.39 is 0 Å². The molecule has 2 heterocycles. The molecule has 0 amide bonds. The van der Waals surface area contributed by atoms with Gasteiger partial charge < -0.3 is 33.5 Å². The number of carbonyl (C=O) groups excluding carboxylic acids is 5. The molecule has 2 fully saturated rings. The van der Waals surface area contributed by atoms with Crippen LogP contribution in [0.3, 0.4) is 0 Å². The fraction of sp³-hybridized carbons (Fsp3) is 0.783. The van der Waals surface area contributed by atoms with Crippen molar-refractivity contribution < 1.29 is 47.7 Å². The molecule has 14 heteroatoms. The number of carbonyl (C=O) groups is 5. The smallest absolute Gasteiger partial charge is 0.311 e. The highest BCUT2D eigenvalue weighted by molar-refractivity contribution is 8.76. The van der Waals surface area contributed by atoms with Gasteiger partial charge in [-0.2, -0.15) is 0 Å². The van der Waals surface area contributed by atoms with Crippen molar-refractivity contribution in [2.75, 3.05) is 64.0 Å². The van der Waals surface area contributed by atoms with Crippen LogP contribution in [-0.2, 0) is 47.7 Å². The van der Waals surface area contributed by atoms with Crippen molar-refractivity contribution in [3.63, 3.8) is 0 Å². The van der Waals surface area contributed by atoms with Crippen LogP contribution in [0.4, 0.5) is 0 Å². The first kappa shape index (κ1) is 72.0. The summed E-state index contributed by atoms with van der Waals surface area (Å²) < 4.78 is 28.3. The zero-order valence-electron chi connectivity index (χ0n) is 52.3. The minimum Gasteiger partial charge on any atom is -0.465 e. The maximum Gasteiger partial charge on any atom is 0.311 e. The van der Waals surface area contributed by atoms with E-state index in [1.54, 1.807) is 12.2 Å². The molecule has 2 aliphatic heterocycles. The molecule has 0 atom stereocenters. The molecule has 470 valence electrons. The lowest BCUT2D eigenvalue weighted by atomic mass is 9.94. The number of ether oxygens (including phenoxy) is 5. The van der Waals surface area contributed by atoms with Crippen molar-refractivity contribution in [3.8, 4) is 0 Å². The predicted octanol–water partition coefficient (Wildman–Crippen LogP) is 17.2.